The van der Waals surface area contributed by atoms with Gasteiger partial charge in [0.1, 0.15) is 17.3 Å². The minimum atomic E-state index is -0.287. The van der Waals surface area contributed by atoms with Crippen LogP contribution in [0.5, 0.6) is 11.5 Å². The molecular formula is C12H11FN2O. The molecule has 0 amide bonds. The molecule has 0 spiro atoms. The van der Waals surface area contributed by atoms with Crippen LogP contribution >= 0.6 is 0 Å². The van der Waals surface area contributed by atoms with Gasteiger partial charge in [0.2, 0.25) is 0 Å². The van der Waals surface area contributed by atoms with Gasteiger partial charge >= 0.3 is 0 Å². The average molecular weight is 218 g/mol. The largest absolute Gasteiger partial charge is 0.457 e. The molecule has 16 heavy (non-hydrogen) atoms. The van der Waals surface area contributed by atoms with Crippen LogP contribution in [0.1, 0.15) is 5.69 Å². The highest BCUT2D eigenvalue weighted by Crippen LogP contribution is 2.21. The zero-order valence-electron chi connectivity index (χ0n) is 8.56. The van der Waals surface area contributed by atoms with Crippen molar-refractivity contribution < 1.29 is 9.13 Å². The number of pyridine rings is 1. The number of nitrogens with two attached hydrogens (primary N) is 1. The van der Waals surface area contributed by atoms with Gasteiger partial charge in [-0.25, -0.2) is 4.39 Å². The number of aromatic nitrogens is 1. The smallest absolute Gasteiger partial charge is 0.130 e. The van der Waals surface area contributed by atoms with E-state index in [1.165, 1.54) is 12.1 Å². The number of halogens is 1. The van der Waals surface area contributed by atoms with Gasteiger partial charge < -0.3 is 10.5 Å². The number of benzene rings is 1. The maximum atomic E-state index is 12.7. The molecule has 0 atom stereocenters. The van der Waals surface area contributed by atoms with Gasteiger partial charge in [-0.1, -0.05) is 0 Å². The predicted octanol–water partition coefficient (Wildman–Crippen LogP) is 2.47. The lowest BCUT2D eigenvalue weighted by molar-refractivity contribution is 0.479. The number of nitrogens with zero attached hydrogens (tertiary/aromatic N) is 1. The third-order valence-corrected chi connectivity index (χ3v) is 2.05. The van der Waals surface area contributed by atoms with E-state index in [4.69, 9.17) is 10.5 Å². The van der Waals surface area contributed by atoms with E-state index in [0.717, 1.165) is 5.69 Å². The molecule has 0 saturated carbocycles. The third-order valence-electron chi connectivity index (χ3n) is 2.05. The first-order chi connectivity index (χ1) is 7.78. The van der Waals surface area contributed by atoms with Crippen molar-refractivity contribution in [2.24, 2.45) is 5.73 Å². The van der Waals surface area contributed by atoms with Crippen LogP contribution in [-0.4, -0.2) is 4.98 Å². The molecule has 3 nitrogen and oxygen atoms in total. The highest BCUT2D eigenvalue weighted by Gasteiger charge is 1.99. The fourth-order valence-corrected chi connectivity index (χ4v) is 1.27. The lowest BCUT2D eigenvalue weighted by Gasteiger charge is -2.06. The van der Waals surface area contributed by atoms with E-state index in [1.54, 1.807) is 30.5 Å². The maximum absolute atomic E-state index is 12.7. The molecule has 4 heteroatoms. The van der Waals surface area contributed by atoms with Crippen molar-refractivity contribution in [2.75, 3.05) is 0 Å². The van der Waals surface area contributed by atoms with Gasteiger partial charge in [-0.15, -0.1) is 0 Å². The Balaban J connectivity index is 2.16. The van der Waals surface area contributed by atoms with Crippen molar-refractivity contribution in [1.82, 2.24) is 4.98 Å². The summed E-state index contributed by atoms with van der Waals surface area (Å²) in [6.45, 7) is 0.362. The van der Waals surface area contributed by atoms with Crippen LogP contribution in [0.2, 0.25) is 0 Å². The molecule has 2 rings (SSSR count). The predicted molar refractivity (Wildman–Crippen MR) is 58.6 cm³/mol. The Morgan fingerprint density at radius 1 is 1.12 bits per heavy atom. The van der Waals surface area contributed by atoms with Crippen LogP contribution in [0.3, 0.4) is 0 Å². The monoisotopic (exact) mass is 218 g/mol. The highest BCUT2D eigenvalue weighted by atomic mass is 19.1. The van der Waals surface area contributed by atoms with Gasteiger partial charge in [-0.3, -0.25) is 4.98 Å². The van der Waals surface area contributed by atoms with Crippen LogP contribution in [0, 0.1) is 5.82 Å². The van der Waals surface area contributed by atoms with Gasteiger partial charge in [0.05, 0.1) is 5.69 Å². The SMILES string of the molecule is NCc1cc(Oc2ccc(F)cc2)ccn1. The average Bonchev–Trinajstić information content (AvgIpc) is 2.32. The van der Waals surface area contributed by atoms with Crippen molar-refractivity contribution in [2.45, 2.75) is 6.54 Å². The molecule has 0 fully saturated rings. The fourth-order valence-electron chi connectivity index (χ4n) is 1.27. The second kappa shape index (κ2) is 4.72. The Hall–Kier alpha value is -1.94. The standard InChI is InChI=1S/C12H11FN2O/c13-9-1-3-11(4-2-9)16-12-5-6-15-10(7-12)8-14/h1-7H,8,14H2. The van der Waals surface area contributed by atoms with Gasteiger partial charge in [0.25, 0.3) is 0 Å². The van der Waals surface area contributed by atoms with Crippen LogP contribution in [0.15, 0.2) is 42.6 Å². The van der Waals surface area contributed by atoms with Gasteiger partial charge in [0, 0.05) is 18.8 Å². The minimum absolute atomic E-state index is 0.287. The number of ether oxygens (including phenoxy) is 1. The summed E-state index contributed by atoms with van der Waals surface area (Å²) in [5, 5.41) is 0. The Morgan fingerprint density at radius 2 is 1.88 bits per heavy atom. The quantitative estimate of drug-likeness (QED) is 0.860. The second-order valence-electron chi connectivity index (χ2n) is 3.24. The molecule has 2 N–H and O–H groups in total. The molecule has 0 saturated heterocycles. The van der Waals surface area contributed by atoms with E-state index in [-0.39, 0.29) is 5.82 Å². The summed E-state index contributed by atoms with van der Waals surface area (Å²) in [7, 11) is 0. The molecule has 0 aliphatic heterocycles. The summed E-state index contributed by atoms with van der Waals surface area (Å²) in [5.74, 6) is 0.933. The molecule has 1 heterocycles. The van der Waals surface area contributed by atoms with Crippen molar-refractivity contribution in [3.05, 3.63) is 54.1 Å². The molecule has 1 aromatic heterocycles. The maximum Gasteiger partial charge on any atom is 0.130 e. The van der Waals surface area contributed by atoms with E-state index < -0.39 is 0 Å². The van der Waals surface area contributed by atoms with Crippen LogP contribution in [-0.2, 0) is 6.54 Å². The number of hydrogen-bond acceptors (Lipinski definition) is 3. The fraction of sp³-hybridized carbons (Fsp3) is 0.0833. The van der Waals surface area contributed by atoms with E-state index in [0.29, 0.717) is 18.0 Å². The zero-order chi connectivity index (χ0) is 11.4. The van der Waals surface area contributed by atoms with E-state index in [2.05, 4.69) is 4.98 Å². The van der Waals surface area contributed by atoms with Crippen LogP contribution < -0.4 is 10.5 Å². The Bertz CT molecular complexity index is 471. The van der Waals surface area contributed by atoms with Crippen LogP contribution in [0.25, 0.3) is 0 Å². The summed E-state index contributed by atoms with van der Waals surface area (Å²) in [5.41, 5.74) is 6.21. The van der Waals surface area contributed by atoms with Crippen molar-refractivity contribution in [3.8, 4) is 11.5 Å². The summed E-state index contributed by atoms with van der Waals surface area (Å²) in [4.78, 5) is 4.05. The molecule has 82 valence electrons. The first-order valence-electron chi connectivity index (χ1n) is 4.86. The lowest BCUT2D eigenvalue weighted by Crippen LogP contribution is -1.99. The van der Waals surface area contributed by atoms with Crippen molar-refractivity contribution >= 4 is 0 Å². The van der Waals surface area contributed by atoms with E-state index >= 15 is 0 Å². The zero-order valence-corrected chi connectivity index (χ0v) is 8.56. The number of rotatable bonds is 3. The molecule has 0 aliphatic carbocycles. The van der Waals surface area contributed by atoms with E-state index in [9.17, 15) is 4.39 Å². The Kier molecular flexibility index (Phi) is 3.12. The van der Waals surface area contributed by atoms with Crippen LogP contribution in [0.4, 0.5) is 4.39 Å². The lowest BCUT2D eigenvalue weighted by atomic mass is 10.3. The normalized spacial score (nSPS) is 10.1. The molecule has 0 aliphatic rings. The Morgan fingerprint density at radius 3 is 2.56 bits per heavy atom. The molecule has 2 aromatic rings. The topological polar surface area (TPSA) is 48.1 Å². The summed E-state index contributed by atoms with van der Waals surface area (Å²) >= 11 is 0. The highest BCUT2D eigenvalue weighted by molar-refractivity contribution is 5.31. The Labute approximate surface area is 92.7 Å². The molecular weight excluding hydrogens is 207 g/mol. The third kappa shape index (κ3) is 2.55. The van der Waals surface area contributed by atoms with Crippen molar-refractivity contribution in [3.63, 3.8) is 0 Å². The van der Waals surface area contributed by atoms with Gasteiger partial charge in [-0.05, 0) is 30.3 Å². The molecule has 0 bridgehead atoms. The summed E-state index contributed by atoms with van der Waals surface area (Å²) in [6, 6.07) is 9.31. The minimum Gasteiger partial charge on any atom is -0.457 e. The molecule has 1 aromatic carbocycles. The van der Waals surface area contributed by atoms with E-state index in [1.807, 2.05) is 0 Å². The molecule has 0 radical (unpaired) electrons. The first-order valence-corrected chi connectivity index (χ1v) is 4.86. The number of hydrogen-bond donors (Lipinski definition) is 1. The first kappa shape index (κ1) is 10.6. The summed E-state index contributed by atoms with van der Waals surface area (Å²) in [6.07, 6.45) is 1.63. The van der Waals surface area contributed by atoms with Crippen molar-refractivity contribution in [1.29, 1.82) is 0 Å². The summed E-state index contributed by atoms with van der Waals surface area (Å²) < 4.78 is 18.2. The van der Waals surface area contributed by atoms with Gasteiger partial charge in [0.15, 0.2) is 0 Å². The second-order valence-corrected chi connectivity index (χ2v) is 3.24. The van der Waals surface area contributed by atoms with Gasteiger partial charge in [-0.2, -0.15) is 0 Å². The molecule has 0 unspecified atom stereocenters.